The molecule has 0 amide bonds. The van der Waals surface area contributed by atoms with Crippen LogP contribution in [0.2, 0.25) is 0 Å². The number of rotatable bonds is 2. The third kappa shape index (κ3) is 2.32. The molecule has 19 heavy (non-hydrogen) atoms. The van der Waals surface area contributed by atoms with Gasteiger partial charge < -0.3 is 0 Å². The Morgan fingerprint density at radius 2 is 1.95 bits per heavy atom. The summed E-state index contributed by atoms with van der Waals surface area (Å²) >= 11 is 1.67. The van der Waals surface area contributed by atoms with E-state index in [9.17, 15) is 8.42 Å². The van der Waals surface area contributed by atoms with Gasteiger partial charge in [0.25, 0.3) is 10.2 Å². The van der Waals surface area contributed by atoms with E-state index in [0.29, 0.717) is 6.54 Å². The first-order valence-corrected chi connectivity index (χ1v) is 8.36. The van der Waals surface area contributed by atoms with Crippen LogP contribution in [0.15, 0.2) is 41.8 Å². The van der Waals surface area contributed by atoms with E-state index in [1.807, 2.05) is 41.8 Å². The van der Waals surface area contributed by atoms with E-state index < -0.39 is 10.2 Å². The standard InChI is InChI=1S/C13H14N2O2S2/c14-19(16,17)15-8-6-12-11(7-9-18-12)13(15)10-4-2-1-3-5-10/h1-5,7,9,13H,6,8H2,(H2,14,16,17)/t13-/m1/s1. The largest absolute Gasteiger partial charge is 0.277 e. The van der Waals surface area contributed by atoms with E-state index in [-0.39, 0.29) is 6.04 Å². The second-order valence-corrected chi connectivity index (χ2v) is 7.02. The van der Waals surface area contributed by atoms with Crippen LogP contribution in [-0.4, -0.2) is 19.3 Å². The van der Waals surface area contributed by atoms with E-state index in [1.54, 1.807) is 11.3 Å². The number of nitrogens with two attached hydrogens (primary N) is 1. The van der Waals surface area contributed by atoms with E-state index in [0.717, 1.165) is 17.5 Å². The maximum Gasteiger partial charge on any atom is 0.277 e. The molecule has 2 heterocycles. The quantitative estimate of drug-likeness (QED) is 0.919. The normalized spacial score (nSPS) is 20.2. The molecular formula is C13H14N2O2S2. The summed E-state index contributed by atoms with van der Waals surface area (Å²) < 4.78 is 25.0. The monoisotopic (exact) mass is 294 g/mol. The first kappa shape index (κ1) is 12.8. The number of nitrogens with zero attached hydrogens (tertiary/aromatic N) is 1. The van der Waals surface area contributed by atoms with Crippen LogP contribution in [0.3, 0.4) is 0 Å². The molecule has 0 spiro atoms. The van der Waals surface area contributed by atoms with Crippen molar-refractivity contribution in [2.75, 3.05) is 6.54 Å². The molecule has 1 aliphatic heterocycles. The maximum absolute atomic E-state index is 11.8. The van der Waals surface area contributed by atoms with Crippen LogP contribution in [-0.2, 0) is 16.6 Å². The second kappa shape index (κ2) is 4.72. The third-order valence-corrected chi connectivity index (χ3v) is 5.41. The lowest BCUT2D eigenvalue weighted by Crippen LogP contribution is -2.43. The lowest BCUT2D eigenvalue weighted by Gasteiger charge is -2.33. The summed E-state index contributed by atoms with van der Waals surface area (Å²) in [6, 6.07) is 11.3. The summed E-state index contributed by atoms with van der Waals surface area (Å²) in [6.45, 7) is 0.436. The first-order chi connectivity index (χ1) is 9.07. The van der Waals surface area contributed by atoms with Crippen LogP contribution in [0.5, 0.6) is 0 Å². The minimum atomic E-state index is -3.71. The van der Waals surface area contributed by atoms with Gasteiger partial charge >= 0.3 is 0 Å². The van der Waals surface area contributed by atoms with Crippen molar-refractivity contribution in [2.45, 2.75) is 12.5 Å². The molecule has 3 rings (SSSR count). The number of benzene rings is 1. The molecule has 6 heteroatoms. The van der Waals surface area contributed by atoms with Crippen LogP contribution < -0.4 is 5.14 Å². The fourth-order valence-electron chi connectivity index (χ4n) is 2.55. The molecule has 0 bridgehead atoms. The van der Waals surface area contributed by atoms with Gasteiger partial charge in [0, 0.05) is 11.4 Å². The van der Waals surface area contributed by atoms with Gasteiger partial charge in [-0.2, -0.15) is 12.7 Å². The van der Waals surface area contributed by atoms with Crippen molar-refractivity contribution < 1.29 is 8.42 Å². The summed E-state index contributed by atoms with van der Waals surface area (Å²) in [7, 11) is -3.71. The zero-order chi connectivity index (χ0) is 13.5. The van der Waals surface area contributed by atoms with Crippen molar-refractivity contribution >= 4 is 21.5 Å². The van der Waals surface area contributed by atoms with Gasteiger partial charge in [0.2, 0.25) is 0 Å². The molecule has 1 aliphatic rings. The molecule has 100 valence electrons. The SMILES string of the molecule is NS(=O)(=O)N1CCc2sccc2[C@H]1c1ccccc1. The summed E-state index contributed by atoms with van der Waals surface area (Å²) in [6.07, 6.45) is 0.729. The predicted octanol–water partition coefficient (Wildman–Crippen LogP) is 1.90. The molecule has 1 aromatic carbocycles. The molecule has 1 aromatic heterocycles. The van der Waals surface area contributed by atoms with Crippen molar-refractivity contribution in [3.8, 4) is 0 Å². The summed E-state index contributed by atoms with van der Waals surface area (Å²) in [5.74, 6) is 0. The summed E-state index contributed by atoms with van der Waals surface area (Å²) in [5.41, 5.74) is 2.01. The highest BCUT2D eigenvalue weighted by atomic mass is 32.2. The highest BCUT2D eigenvalue weighted by molar-refractivity contribution is 7.86. The highest BCUT2D eigenvalue weighted by Crippen LogP contribution is 2.38. The van der Waals surface area contributed by atoms with Crippen LogP contribution in [0.4, 0.5) is 0 Å². The molecule has 0 aliphatic carbocycles. The number of hydrogen-bond donors (Lipinski definition) is 1. The van der Waals surface area contributed by atoms with E-state index in [1.165, 1.54) is 9.18 Å². The molecule has 0 radical (unpaired) electrons. The Bertz CT molecular complexity index is 680. The molecule has 0 saturated carbocycles. The van der Waals surface area contributed by atoms with Gasteiger partial charge in [-0.05, 0) is 29.0 Å². The van der Waals surface area contributed by atoms with Crippen molar-refractivity contribution in [3.05, 3.63) is 57.8 Å². The van der Waals surface area contributed by atoms with Gasteiger partial charge in [0.1, 0.15) is 0 Å². The minimum Gasteiger partial charge on any atom is -0.216 e. The topological polar surface area (TPSA) is 63.4 Å². The minimum absolute atomic E-state index is 0.300. The molecule has 0 fully saturated rings. The predicted molar refractivity (Wildman–Crippen MR) is 76.1 cm³/mol. The highest BCUT2D eigenvalue weighted by Gasteiger charge is 2.35. The maximum atomic E-state index is 11.8. The molecule has 2 aromatic rings. The lowest BCUT2D eigenvalue weighted by atomic mass is 9.95. The van der Waals surface area contributed by atoms with Gasteiger partial charge in [-0.1, -0.05) is 30.3 Å². The molecule has 2 N–H and O–H groups in total. The van der Waals surface area contributed by atoms with Gasteiger partial charge in [-0.3, -0.25) is 0 Å². The number of thiophene rings is 1. The summed E-state index contributed by atoms with van der Waals surface area (Å²) in [4.78, 5) is 1.24. The average Bonchev–Trinajstić information content (AvgIpc) is 2.85. The van der Waals surface area contributed by atoms with Crippen molar-refractivity contribution in [2.24, 2.45) is 5.14 Å². The van der Waals surface area contributed by atoms with Crippen LogP contribution in [0, 0.1) is 0 Å². The number of hydrogen-bond acceptors (Lipinski definition) is 3. The summed E-state index contributed by atoms with van der Waals surface area (Å²) in [5, 5.41) is 7.37. The van der Waals surface area contributed by atoms with Crippen LogP contribution >= 0.6 is 11.3 Å². The third-order valence-electron chi connectivity index (χ3n) is 3.36. The Balaban J connectivity index is 2.15. The Kier molecular flexibility index (Phi) is 3.18. The average molecular weight is 294 g/mol. The van der Waals surface area contributed by atoms with Gasteiger partial charge in [0.05, 0.1) is 6.04 Å². The smallest absolute Gasteiger partial charge is 0.216 e. The Hall–Kier alpha value is -1.21. The van der Waals surface area contributed by atoms with Crippen LogP contribution in [0.1, 0.15) is 22.0 Å². The fourth-order valence-corrected chi connectivity index (χ4v) is 4.33. The Morgan fingerprint density at radius 1 is 1.21 bits per heavy atom. The molecule has 1 atom stereocenters. The van der Waals surface area contributed by atoms with Gasteiger partial charge in [0.15, 0.2) is 0 Å². The molecule has 0 saturated heterocycles. The second-order valence-electron chi connectivity index (χ2n) is 4.52. The van der Waals surface area contributed by atoms with Gasteiger partial charge in [-0.15, -0.1) is 11.3 Å². The van der Waals surface area contributed by atoms with Crippen molar-refractivity contribution in [1.82, 2.24) is 4.31 Å². The van der Waals surface area contributed by atoms with E-state index >= 15 is 0 Å². The molecular weight excluding hydrogens is 280 g/mol. The Labute approximate surface area is 116 Å². The lowest BCUT2D eigenvalue weighted by molar-refractivity contribution is 0.347. The first-order valence-electron chi connectivity index (χ1n) is 5.98. The number of fused-ring (bicyclic) bond motifs is 1. The molecule has 4 nitrogen and oxygen atoms in total. The van der Waals surface area contributed by atoms with Crippen LogP contribution in [0.25, 0.3) is 0 Å². The van der Waals surface area contributed by atoms with E-state index in [4.69, 9.17) is 5.14 Å². The van der Waals surface area contributed by atoms with Crippen molar-refractivity contribution in [3.63, 3.8) is 0 Å². The fraction of sp³-hybridized carbons (Fsp3) is 0.231. The van der Waals surface area contributed by atoms with E-state index in [2.05, 4.69) is 0 Å². The zero-order valence-electron chi connectivity index (χ0n) is 10.2. The van der Waals surface area contributed by atoms with Crippen molar-refractivity contribution in [1.29, 1.82) is 0 Å². The zero-order valence-corrected chi connectivity index (χ0v) is 11.8. The van der Waals surface area contributed by atoms with Gasteiger partial charge in [-0.25, -0.2) is 5.14 Å². The molecule has 0 unspecified atom stereocenters. The Morgan fingerprint density at radius 3 is 2.63 bits per heavy atom.